The number of benzene rings is 4. The highest BCUT2D eigenvalue weighted by Crippen LogP contribution is 2.31. The highest BCUT2D eigenvalue weighted by atomic mass is 32.2. The number of carbonyl (C=O) groups is 2. The standard InChI is InChI=1S/C40H43N8O9PS2/c1-5-37(43-39(49)33-23-35(27-11-7-25(3)8-12-27)47(45-33)29-15-19-31(20-16-29)59(41,52)53)56-58(51)57-38(6-2)44-40(50)34-24-36(28-13-9-26(4)10-14-28)48(46-34)30-17-21-32(22-18-30)60(42,54)55/h7-24,37-38,58H,5-6H2,1-4H3,(H,43,49)(H,44,50)(H2,41,52,53)(H2,42,54,55). The number of primary sulfonamides is 2. The molecule has 0 fully saturated rings. The average molecular weight is 875 g/mol. The van der Waals surface area contributed by atoms with Crippen LogP contribution in [0, 0.1) is 13.8 Å². The van der Waals surface area contributed by atoms with Gasteiger partial charge in [-0.3, -0.25) is 23.2 Å². The zero-order valence-electron chi connectivity index (χ0n) is 32.9. The zero-order chi connectivity index (χ0) is 43.4. The molecule has 6 aromatic rings. The van der Waals surface area contributed by atoms with Gasteiger partial charge in [0.1, 0.15) is 12.5 Å². The molecule has 2 aromatic heterocycles. The Kier molecular flexibility index (Phi) is 13.3. The van der Waals surface area contributed by atoms with Crippen molar-refractivity contribution in [3.63, 3.8) is 0 Å². The van der Waals surface area contributed by atoms with E-state index in [9.17, 15) is 31.0 Å². The van der Waals surface area contributed by atoms with E-state index in [1.54, 1.807) is 26.0 Å². The number of rotatable bonds is 16. The van der Waals surface area contributed by atoms with Crippen LogP contribution < -0.4 is 20.9 Å². The number of nitrogens with zero attached hydrogens (tertiary/aromatic N) is 4. The molecule has 6 rings (SSSR count). The first kappa shape index (κ1) is 43.8. The largest absolute Gasteiger partial charge is 0.325 e. The van der Waals surface area contributed by atoms with Crippen LogP contribution in [0.1, 0.15) is 58.8 Å². The molecule has 2 amide bonds. The fourth-order valence-electron chi connectivity index (χ4n) is 5.92. The fourth-order valence-corrected chi connectivity index (χ4v) is 7.92. The van der Waals surface area contributed by atoms with E-state index in [-0.39, 0.29) is 34.0 Å². The Morgan fingerprint density at radius 3 is 1.25 bits per heavy atom. The van der Waals surface area contributed by atoms with Gasteiger partial charge >= 0.3 is 8.25 Å². The summed E-state index contributed by atoms with van der Waals surface area (Å²) < 4.78 is 74.8. The Morgan fingerprint density at radius 1 is 0.617 bits per heavy atom. The number of nitrogens with one attached hydrogen (secondary N) is 2. The maximum atomic E-state index is 13.6. The topological polar surface area (TPSA) is 250 Å². The van der Waals surface area contributed by atoms with Gasteiger partial charge in [-0.25, -0.2) is 36.5 Å². The van der Waals surface area contributed by atoms with E-state index in [1.807, 2.05) is 62.4 Å². The summed E-state index contributed by atoms with van der Waals surface area (Å²) in [6, 6.07) is 29.6. The van der Waals surface area contributed by atoms with Crippen LogP contribution in [0.5, 0.6) is 0 Å². The van der Waals surface area contributed by atoms with Crippen molar-refractivity contribution < 1.29 is 40.0 Å². The maximum absolute atomic E-state index is 13.6. The SMILES string of the molecule is CCC(NC(=O)c1cc(-c2ccc(C)cc2)n(-c2ccc(S(N)(=O)=O)cc2)n1)O[PH](=O)OC(CC)NC(=O)c1cc(-c2ccc(C)cc2)n(-c2ccc(S(N)(=O)=O)cc2)n1. The predicted molar refractivity (Wildman–Crippen MR) is 224 cm³/mol. The maximum Gasteiger partial charge on any atom is 0.322 e. The Bertz CT molecular complexity index is 2570. The van der Waals surface area contributed by atoms with Gasteiger partial charge in [0.15, 0.2) is 11.4 Å². The van der Waals surface area contributed by atoms with E-state index in [4.69, 9.17) is 19.3 Å². The first-order chi connectivity index (χ1) is 28.4. The molecule has 314 valence electrons. The summed E-state index contributed by atoms with van der Waals surface area (Å²) in [5, 5.41) is 24.9. The Labute approximate surface area is 347 Å². The second kappa shape index (κ2) is 18.2. The van der Waals surface area contributed by atoms with Crippen molar-refractivity contribution >= 4 is 40.1 Å². The van der Waals surface area contributed by atoms with Gasteiger partial charge in [0.2, 0.25) is 20.0 Å². The first-order valence-electron chi connectivity index (χ1n) is 18.5. The van der Waals surface area contributed by atoms with Crippen LogP contribution in [0.25, 0.3) is 33.9 Å². The summed E-state index contributed by atoms with van der Waals surface area (Å²) in [5.74, 6) is -1.30. The Morgan fingerprint density at radius 2 is 0.950 bits per heavy atom. The van der Waals surface area contributed by atoms with Crippen LogP contribution in [0.2, 0.25) is 0 Å². The minimum atomic E-state index is -3.94. The average Bonchev–Trinajstić information content (AvgIpc) is 3.87. The van der Waals surface area contributed by atoms with E-state index in [0.717, 1.165) is 22.3 Å². The molecule has 0 aliphatic rings. The molecule has 0 aliphatic carbocycles. The number of carbonyl (C=O) groups excluding carboxylic acids is 2. The predicted octanol–water partition coefficient (Wildman–Crippen LogP) is 5.36. The van der Waals surface area contributed by atoms with Crippen LogP contribution in [0.4, 0.5) is 0 Å². The Balaban J connectivity index is 1.15. The molecule has 0 radical (unpaired) electrons. The van der Waals surface area contributed by atoms with Gasteiger partial charge in [0.25, 0.3) is 11.8 Å². The molecule has 2 unspecified atom stereocenters. The summed E-state index contributed by atoms with van der Waals surface area (Å²) in [6.45, 7) is 7.27. The molecule has 17 nitrogen and oxygen atoms in total. The van der Waals surface area contributed by atoms with Gasteiger partial charge < -0.3 is 10.6 Å². The van der Waals surface area contributed by atoms with E-state index in [2.05, 4.69) is 20.8 Å². The summed E-state index contributed by atoms with van der Waals surface area (Å²) in [4.78, 5) is 26.9. The van der Waals surface area contributed by atoms with Crippen molar-refractivity contribution in [3.8, 4) is 33.9 Å². The number of aryl methyl sites for hydroxylation is 2. The molecule has 4 aromatic carbocycles. The van der Waals surface area contributed by atoms with Gasteiger partial charge in [-0.1, -0.05) is 73.5 Å². The van der Waals surface area contributed by atoms with Crippen LogP contribution >= 0.6 is 8.25 Å². The van der Waals surface area contributed by atoms with E-state index >= 15 is 0 Å². The van der Waals surface area contributed by atoms with Crippen molar-refractivity contribution in [3.05, 3.63) is 132 Å². The Hall–Kier alpha value is -5.79. The normalized spacial score (nSPS) is 13.4. The van der Waals surface area contributed by atoms with E-state index < -0.39 is 52.6 Å². The summed E-state index contributed by atoms with van der Waals surface area (Å²) in [6.07, 6.45) is -1.78. The lowest BCUT2D eigenvalue weighted by molar-refractivity contribution is 0.0678. The third kappa shape index (κ3) is 10.5. The van der Waals surface area contributed by atoms with Crippen molar-refractivity contribution in [2.45, 2.75) is 62.8 Å². The van der Waals surface area contributed by atoms with Crippen LogP contribution in [0.15, 0.2) is 119 Å². The van der Waals surface area contributed by atoms with Gasteiger partial charge in [-0.2, -0.15) is 10.2 Å². The number of aromatic nitrogens is 4. The highest BCUT2D eigenvalue weighted by molar-refractivity contribution is 7.89. The van der Waals surface area contributed by atoms with Gasteiger partial charge in [-0.15, -0.1) is 0 Å². The summed E-state index contributed by atoms with van der Waals surface area (Å²) in [5.41, 5.74) is 5.47. The van der Waals surface area contributed by atoms with E-state index in [1.165, 1.54) is 57.9 Å². The molecular formula is C40H43N8O9PS2. The minimum absolute atomic E-state index is 0.00719. The first-order valence-corrected chi connectivity index (χ1v) is 22.8. The number of hydrogen-bond acceptors (Lipinski definition) is 11. The highest BCUT2D eigenvalue weighted by Gasteiger charge is 2.24. The lowest BCUT2D eigenvalue weighted by Crippen LogP contribution is -2.37. The monoisotopic (exact) mass is 874 g/mol. The second-order valence-corrected chi connectivity index (χ2v) is 17.8. The number of hydrogen-bond donors (Lipinski definition) is 4. The molecule has 0 saturated carbocycles. The molecule has 0 aliphatic heterocycles. The van der Waals surface area contributed by atoms with Crippen LogP contribution in [-0.4, -0.2) is 60.7 Å². The molecule has 0 spiro atoms. The molecular weight excluding hydrogens is 832 g/mol. The van der Waals surface area contributed by atoms with Crippen molar-refractivity contribution in [1.29, 1.82) is 0 Å². The molecule has 2 heterocycles. The summed E-state index contributed by atoms with van der Waals surface area (Å²) in [7, 11) is -11.2. The second-order valence-electron chi connectivity index (χ2n) is 13.7. The third-order valence-corrected chi connectivity index (χ3v) is 12.0. The van der Waals surface area contributed by atoms with E-state index in [0.29, 0.717) is 22.8 Å². The third-order valence-electron chi connectivity index (χ3n) is 9.20. The fraction of sp³-hybridized carbons (Fsp3) is 0.200. The summed E-state index contributed by atoms with van der Waals surface area (Å²) >= 11 is 0. The zero-order valence-corrected chi connectivity index (χ0v) is 35.5. The number of nitrogens with two attached hydrogens (primary N) is 2. The van der Waals surface area contributed by atoms with Crippen LogP contribution in [0.3, 0.4) is 0 Å². The van der Waals surface area contributed by atoms with Gasteiger partial charge in [-0.05, 0) is 87.4 Å². The lowest BCUT2D eigenvalue weighted by Gasteiger charge is -2.20. The van der Waals surface area contributed by atoms with Crippen molar-refractivity contribution in [1.82, 2.24) is 30.2 Å². The molecule has 0 saturated heterocycles. The smallest absolute Gasteiger partial charge is 0.322 e. The number of amides is 2. The van der Waals surface area contributed by atoms with Crippen LogP contribution in [-0.2, 0) is 33.7 Å². The molecule has 6 N–H and O–H groups in total. The number of sulfonamides is 2. The molecule has 0 bridgehead atoms. The molecule has 60 heavy (non-hydrogen) atoms. The van der Waals surface area contributed by atoms with Crippen molar-refractivity contribution in [2.75, 3.05) is 0 Å². The quantitative estimate of drug-likeness (QED) is 0.0712. The van der Waals surface area contributed by atoms with Gasteiger partial charge in [0, 0.05) is 11.1 Å². The minimum Gasteiger partial charge on any atom is -0.325 e. The van der Waals surface area contributed by atoms with Gasteiger partial charge in [0.05, 0.1) is 32.6 Å². The lowest BCUT2D eigenvalue weighted by atomic mass is 10.1. The molecule has 2 atom stereocenters. The van der Waals surface area contributed by atoms with Crippen molar-refractivity contribution in [2.24, 2.45) is 10.3 Å². The molecule has 20 heteroatoms.